The molecule has 0 amide bonds. The Morgan fingerprint density at radius 1 is 1.45 bits per heavy atom. The van der Waals surface area contributed by atoms with E-state index in [1.165, 1.54) is 0 Å². The minimum Gasteiger partial charge on any atom is -0.315 e. The Hall–Kier alpha value is -0.430. The van der Waals surface area contributed by atoms with Gasteiger partial charge in [-0.15, -0.1) is 0 Å². The van der Waals surface area contributed by atoms with Crippen molar-refractivity contribution in [3.63, 3.8) is 0 Å². The van der Waals surface area contributed by atoms with Gasteiger partial charge in [0, 0.05) is 23.6 Å². The molecular formula is C14H21BrN2O2S. The van der Waals surface area contributed by atoms with Gasteiger partial charge in [-0.05, 0) is 59.9 Å². The summed E-state index contributed by atoms with van der Waals surface area (Å²) in [5.74, 6) is 0. The second-order valence-electron chi connectivity index (χ2n) is 5.20. The van der Waals surface area contributed by atoms with E-state index >= 15 is 0 Å². The van der Waals surface area contributed by atoms with Crippen molar-refractivity contribution in [3.05, 3.63) is 28.2 Å². The van der Waals surface area contributed by atoms with E-state index in [0.29, 0.717) is 15.9 Å². The largest absolute Gasteiger partial charge is 0.315 e. The quantitative estimate of drug-likeness (QED) is 0.877. The summed E-state index contributed by atoms with van der Waals surface area (Å²) in [6.45, 7) is 6.15. The van der Waals surface area contributed by atoms with Crippen LogP contribution >= 0.6 is 15.9 Å². The van der Waals surface area contributed by atoms with Crippen LogP contribution in [0.15, 0.2) is 27.6 Å². The van der Waals surface area contributed by atoms with Gasteiger partial charge >= 0.3 is 0 Å². The molecule has 1 unspecified atom stereocenters. The van der Waals surface area contributed by atoms with Gasteiger partial charge in [-0.1, -0.05) is 13.0 Å². The van der Waals surface area contributed by atoms with Crippen LogP contribution in [0.4, 0.5) is 0 Å². The molecule has 0 saturated carbocycles. The number of rotatable bonds is 5. The number of aryl methyl sites for hydroxylation is 1. The summed E-state index contributed by atoms with van der Waals surface area (Å²) in [6, 6.07) is 5.45. The molecule has 0 bridgehead atoms. The molecule has 1 aliphatic rings. The molecule has 112 valence electrons. The molecule has 0 aliphatic carbocycles. The standard InChI is InChI=1S/C14H21BrN2O2S/c1-3-8-17(12-6-7-16-10-12)20(18,19)14-5-4-11(2)9-13(14)15/h4-5,9,12,16H,3,6-8,10H2,1-2H3. The summed E-state index contributed by atoms with van der Waals surface area (Å²) in [4.78, 5) is 0.364. The van der Waals surface area contributed by atoms with Gasteiger partial charge in [0.15, 0.2) is 0 Å². The van der Waals surface area contributed by atoms with Crippen LogP contribution in [0, 0.1) is 6.92 Å². The summed E-state index contributed by atoms with van der Waals surface area (Å²) in [6.07, 6.45) is 1.70. The zero-order valence-electron chi connectivity index (χ0n) is 11.9. The van der Waals surface area contributed by atoms with Crippen molar-refractivity contribution in [2.75, 3.05) is 19.6 Å². The maximum Gasteiger partial charge on any atom is 0.244 e. The average Bonchev–Trinajstić information content (AvgIpc) is 2.88. The zero-order chi connectivity index (χ0) is 14.8. The van der Waals surface area contributed by atoms with Gasteiger partial charge in [0.05, 0.1) is 4.90 Å². The summed E-state index contributed by atoms with van der Waals surface area (Å²) >= 11 is 3.39. The Balaban J connectivity index is 2.39. The molecule has 0 radical (unpaired) electrons. The van der Waals surface area contributed by atoms with E-state index in [1.807, 2.05) is 26.0 Å². The fourth-order valence-corrected chi connectivity index (χ4v) is 5.45. The molecular weight excluding hydrogens is 340 g/mol. The lowest BCUT2D eigenvalue weighted by molar-refractivity contribution is 0.335. The number of hydrogen-bond acceptors (Lipinski definition) is 3. The van der Waals surface area contributed by atoms with Gasteiger partial charge in [-0.2, -0.15) is 4.31 Å². The minimum absolute atomic E-state index is 0.0631. The van der Waals surface area contributed by atoms with Gasteiger partial charge in [0.25, 0.3) is 0 Å². The van der Waals surface area contributed by atoms with Crippen LogP contribution < -0.4 is 5.32 Å². The molecule has 1 fully saturated rings. The third kappa shape index (κ3) is 3.24. The Morgan fingerprint density at radius 2 is 2.20 bits per heavy atom. The second kappa shape index (κ2) is 6.56. The lowest BCUT2D eigenvalue weighted by Crippen LogP contribution is -2.42. The van der Waals surface area contributed by atoms with Crippen LogP contribution in [-0.4, -0.2) is 38.4 Å². The van der Waals surface area contributed by atoms with Crippen LogP contribution in [0.25, 0.3) is 0 Å². The molecule has 0 aromatic heterocycles. The number of nitrogens with zero attached hydrogens (tertiary/aromatic N) is 1. The van der Waals surface area contributed by atoms with Gasteiger partial charge in [0.1, 0.15) is 0 Å². The van der Waals surface area contributed by atoms with E-state index in [1.54, 1.807) is 10.4 Å². The third-order valence-electron chi connectivity index (χ3n) is 3.56. The minimum atomic E-state index is -3.45. The fraction of sp³-hybridized carbons (Fsp3) is 0.571. The molecule has 0 spiro atoms. The highest BCUT2D eigenvalue weighted by Gasteiger charge is 2.33. The van der Waals surface area contributed by atoms with Crippen molar-refractivity contribution in [2.45, 2.75) is 37.6 Å². The van der Waals surface area contributed by atoms with Crippen molar-refractivity contribution in [1.29, 1.82) is 0 Å². The summed E-state index contributed by atoms with van der Waals surface area (Å²) in [5, 5.41) is 3.24. The highest BCUT2D eigenvalue weighted by Crippen LogP contribution is 2.28. The van der Waals surface area contributed by atoms with E-state index in [2.05, 4.69) is 21.2 Å². The second-order valence-corrected chi connectivity index (χ2v) is 7.91. The monoisotopic (exact) mass is 360 g/mol. The molecule has 1 aliphatic heterocycles. The summed E-state index contributed by atoms with van der Waals surface area (Å²) in [5.41, 5.74) is 1.04. The molecule has 6 heteroatoms. The first kappa shape index (κ1) is 15.9. The Bertz CT molecular complexity index is 569. The van der Waals surface area contributed by atoms with E-state index in [4.69, 9.17) is 0 Å². The Morgan fingerprint density at radius 3 is 2.75 bits per heavy atom. The number of hydrogen-bond donors (Lipinski definition) is 1. The Kier molecular flexibility index (Phi) is 5.23. The molecule has 1 aromatic rings. The topological polar surface area (TPSA) is 49.4 Å². The van der Waals surface area contributed by atoms with Crippen molar-refractivity contribution in [2.24, 2.45) is 0 Å². The first-order chi connectivity index (χ1) is 9.46. The molecule has 2 rings (SSSR count). The van der Waals surface area contributed by atoms with Crippen LogP contribution in [0.1, 0.15) is 25.3 Å². The van der Waals surface area contributed by atoms with Crippen LogP contribution in [0.5, 0.6) is 0 Å². The number of sulfonamides is 1. The van der Waals surface area contributed by atoms with Crippen molar-refractivity contribution in [3.8, 4) is 0 Å². The normalized spacial score (nSPS) is 19.7. The van der Waals surface area contributed by atoms with Gasteiger partial charge in [0.2, 0.25) is 10.0 Å². The predicted molar refractivity (Wildman–Crippen MR) is 84.3 cm³/mol. The van der Waals surface area contributed by atoms with Crippen LogP contribution in [0.3, 0.4) is 0 Å². The number of benzene rings is 1. The summed E-state index contributed by atoms with van der Waals surface area (Å²) in [7, 11) is -3.45. The van der Waals surface area contributed by atoms with E-state index in [9.17, 15) is 8.42 Å². The molecule has 20 heavy (non-hydrogen) atoms. The lowest BCUT2D eigenvalue weighted by Gasteiger charge is -2.27. The maximum atomic E-state index is 12.9. The van der Waals surface area contributed by atoms with Crippen molar-refractivity contribution < 1.29 is 8.42 Å². The van der Waals surface area contributed by atoms with Crippen molar-refractivity contribution in [1.82, 2.24) is 9.62 Å². The first-order valence-corrected chi connectivity index (χ1v) is 9.19. The molecule has 1 N–H and O–H groups in total. The van der Waals surface area contributed by atoms with E-state index < -0.39 is 10.0 Å². The average molecular weight is 361 g/mol. The number of nitrogens with one attached hydrogen (secondary N) is 1. The highest BCUT2D eigenvalue weighted by atomic mass is 79.9. The molecule has 4 nitrogen and oxygen atoms in total. The maximum absolute atomic E-state index is 12.9. The van der Waals surface area contributed by atoms with E-state index in [-0.39, 0.29) is 6.04 Å². The molecule has 1 atom stereocenters. The summed E-state index contributed by atoms with van der Waals surface area (Å²) < 4.78 is 28.1. The smallest absolute Gasteiger partial charge is 0.244 e. The predicted octanol–water partition coefficient (Wildman–Crippen LogP) is 2.52. The van der Waals surface area contributed by atoms with Gasteiger partial charge < -0.3 is 5.32 Å². The fourth-order valence-electron chi connectivity index (χ4n) is 2.55. The highest BCUT2D eigenvalue weighted by molar-refractivity contribution is 9.10. The third-order valence-corrected chi connectivity index (χ3v) is 6.49. The SMILES string of the molecule is CCCN(C1CCNC1)S(=O)(=O)c1ccc(C)cc1Br. The van der Waals surface area contributed by atoms with Crippen LogP contribution in [0.2, 0.25) is 0 Å². The van der Waals surface area contributed by atoms with Crippen LogP contribution in [-0.2, 0) is 10.0 Å². The van der Waals surface area contributed by atoms with E-state index in [0.717, 1.165) is 31.5 Å². The van der Waals surface area contributed by atoms with Crippen molar-refractivity contribution >= 4 is 26.0 Å². The van der Waals surface area contributed by atoms with Gasteiger partial charge in [-0.25, -0.2) is 8.42 Å². The number of halogens is 1. The van der Waals surface area contributed by atoms with Gasteiger partial charge in [-0.3, -0.25) is 0 Å². The zero-order valence-corrected chi connectivity index (χ0v) is 14.3. The lowest BCUT2D eigenvalue weighted by atomic mass is 10.2. The molecule has 1 saturated heterocycles. The Labute approximate surface area is 129 Å². The molecule has 1 aromatic carbocycles. The first-order valence-electron chi connectivity index (χ1n) is 6.95. The molecule has 1 heterocycles.